The molecule has 0 atom stereocenters. The molecule has 0 bridgehead atoms. The van der Waals surface area contributed by atoms with E-state index in [0.29, 0.717) is 5.76 Å². The van der Waals surface area contributed by atoms with Crippen molar-refractivity contribution < 1.29 is 4.42 Å². The van der Waals surface area contributed by atoms with Crippen LogP contribution in [0.5, 0.6) is 0 Å². The maximum Gasteiger partial charge on any atom is 0.336 e. The van der Waals surface area contributed by atoms with Crippen molar-refractivity contribution in [1.29, 1.82) is 0 Å². The number of aromatic nitrogens is 1. The second-order valence-electron chi connectivity index (χ2n) is 5.47. The van der Waals surface area contributed by atoms with Gasteiger partial charge in [0, 0.05) is 28.9 Å². The lowest BCUT2D eigenvalue weighted by molar-refractivity contribution is 0.485. The van der Waals surface area contributed by atoms with Gasteiger partial charge in [0.2, 0.25) is 0 Å². The van der Waals surface area contributed by atoms with Crippen LogP contribution in [0.25, 0.3) is 21.8 Å². The van der Waals surface area contributed by atoms with Crippen LogP contribution in [-0.2, 0) is 6.54 Å². The maximum atomic E-state index is 11.7. The number of rotatable bonds is 2. The highest BCUT2D eigenvalue weighted by Gasteiger charge is 2.14. The summed E-state index contributed by atoms with van der Waals surface area (Å²) < 4.78 is 7.54. The lowest BCUT2D eigenvalue weighted by Crippen LogP contribution is -2.03. The van der Waals surface area contributed by atoms with Gasteiger partial charge >= 0.3 is 5.63 Å². The van der Waals surface area contributed by atoms with Crippen molar-refractivity contribution in [2.45, 2.75) is 13.5 Å². The number of hydrogen-bond donors (Lipinski definition) is 0. The first-order chi connectivity index (χ1) is 10.7. The quantitative estimate of drug-likeness (QED) is 0.557. The highest BCUT2D eigenvalue weighted by atomic mass is 16.4. The first-order valence-electron chi connectivity index (χ1n) is 7.29. The van der Waals surface area contributed by atoms with Crippen LogP contribution in [0.2, 0.25) is 0 Å². The van der Waals surface area contributed by atoms with E-state index in [-0.39, 0.29) is 5.63 Å². The normalized spacial score (nSPS) is 11.3. The first-order valence-corrected chi connectivity index (χ1v) is 7.29. The zero-order valence-electron chi connectivity index (χ0n) is 12.2. The summed E-state index contributed by atoms with van der Waals surface area (Å²) in [6.07, 6.45) is 0. The van der Waals surface area contributed by atoms with E-state index in [9.17, 15) is 4.79 Å². The minimum atomic E-state index is -0.299. The maximum absolute atomic E-state index is 11.7. The van der Waals surface area contributed by atoms with Gasteiger partial charge in [0.1, 0.15) is 5.76 Å². The molecule has 3 nitrogen and oxygen atoms in total. The molecule has 0 saturated carbocycles. The van der Waals surface area contributed by atoms with E-state index >= 15 is 0 Å². The van der Waals surface area contributed by atoms with Crippen molar-refractivity contribution in [3.63, 3.8) is 0 Å². The van der Waals surface area contributed by atoms with E-state index in [1.807, 2.05) is 37.3 Å². The monoisotopic (exact) mass is 289 g/mol. The molecule has 4 rings (SSSR count). The van der Waals surface area contributed by atoms with Gasteiger partial charge in [0.25, 0.3) is 0 Å². The SMILES string of the molecule is Cc1oc(=O)cc2c3ccccc3n(Cc3ccccc3)c12. The molecule has 0 unspecified atom stereocenters. The average Bonchev–Trinajstić information content (AvgIpc) is 2.83. The van der Waals surface area contributed by atoms with E-state index in [1.54, 1.807) is 6.07 Å². The van der Waals surface area contributed by atoms with Crippen LogP contribution in [0.4, 0.5) is 0 Å². The van der Waals surface area contributed by atoms with Crippen LogP contribution in [0.3, 0.4) is 0 Å². The summed E-state index contributed by atoms with van der Waals surface area (Å²) in [4.78, 5) is 11.7. The Morgan fingerprint density at radius 1 is 0.955 bits per heavy atom. The molecule has 0 fully saturated rings. The average molecular weight is 289 g/mol. The van der Waals surface area contributed by atoms with Gasteiger partial charge in [0.05, 0.1) is 5.52 Å². The fourth-order valence-electron chi connectivity index (χ4n) is 3.13. The van der Waals surface area contributed by atoms with E-state index in [0.717, 1.165) is 28.4 Å². The number of para-hydroxylation sites is 1. The minimum Gasteiger partial charge on any atom is -0.426 e. The number of nitrogens with zero attached hydrogens (tertiary/aromatic N) is 1. The number of hydrogen-bond acceptors (Lipinski definition) is 2. The predicted octanol–water partition coefficient (Wildman–Crippen LogP) is 4.10. The Morgan fingerprint density at radius 3 is 2.50 bits per heavy atom. The third-order valence-corrected chi connectivity index (χ3v) is 4.04. The first kappa shape index (κ1) is 12.9. The van der Waals surface area contributed by atoms with E-state index in [2.05, 4.69) is 28.8 Å². The molecule has 0 saturated heterocycles. The molecule has 2 aromatic heterocycles. The predicted molar refractivity (Wildman–Crippen MR) is 88.3 cm³/mol. The van der Waals surface area contributed by atoms with Gasteiger partial charge in [-0.15, -0.1) is 0 Å². The molecular weight excluding hydrogens is 274 g/mol. The smallest absolute Gasteiger partial charge is 0.336 e. The largest absolute Gasteiger partial charge is 0.426 e. The summed E-state index contributed by atoms with van der Waals surface area (Å²) in [5, 5.41) is 2.05. The molecule has 0 radical (unpaired) electrons. The van der Waals surface area contributed by atoms with Gasteiger partial charge in [-0.25, -0.2) is 4.79 Å². The second-order valence-corrected chi connectivity index (χ2v) is 5.47. The molecule has 22 heavy (non-hydrogen) atoms. The van der Waals surface area contributed by atoms with Gasteiger partial charge < -0.3 is 8.98 Å². The number of aryl methyl sites for hydroxylation is 1. The van der Waals surface area contributed by atoms with Gasteiger partial charge in [0.15, 0.2) is 0 Å². The molecule has 2 aromatic carbocycles. The van der Waals surface area contributed by atoms with Gasteiger partial charge in [-0.3, -0.25) is 0 Å². The summed E-state index contributed by atoms with van der Waals surface area (Å²) in [5.41, 5.74) is 3.03. The Balaban J connectivity index is 2.08. The third kappa shape index (κ3) is 1.94. The molecule has 0 aliphatic carbocycles. The van der Waals surface area contributed by atoms with Gasteiger partial charge in [-0.1, -0.05) is 48.5 Å². The van der Waals surface area contributed by atoms with Crippen molar-refractivity contribution in [1.82, 2.24) is 4.57 Å². The van der Waals surface area contributed by atoms with Crippen molar-refractivity contribution in [3.8, 4) is 0 Å². The number of benzene rings is 2. The van der Waals surface area contributed by atoms with Gasteiger partial charge in [-0.2, -0.15) is 0 Å². The molecule has 0 N–H and O–H groups in total. The lowest BCUT2D eigenvalue weighted by Gasteiger charge is -2.08. The standard InChI is InChI=1S/C19H15NO2/c1-13-19-16(11-18(21)22-13)15-9-5-6-10-17(15)20(19)12-14-7-3-2-4-8-14/h2-11H,12H2,1H3. The second kappa shape index (κ2) is 4.88. The molecule has 0 aliphatic rings. The van der Waals surface area contributed by atoms with Gasteiger partial charge in [-0.05, 0) is 18.6 Å². The lowest BCUT2D eigenvalue weighted by atomic mass is 10.2. The molecule has 0 amide bonds. The van der Waals surface area contributed by atoms with E-state index < -0.39 is 0 Å². The van der Waals surface area contributed by atoms with Crippen LogP contribution < -0.4 is 5.63 Å². The molecule has 3 heteroatoms. The molecular formula is C19H15NO2. The molecule has 2 heterocycles. The van der Waals surface area contributed by atoms with Crippen molar-refractivity contribution in [2.75, 3.05) is 0 Å². The van der Waals surface area contributed by atoms with E-state index in [1.165, 1.54) is 5.56 Å². The van der Waals surface area contributed by atoms with E-state index in [4.69, 9.17) is 4.42 Å². The minimum absolute atomic E-state index is 0.299. The summed E-state index contributed by atoms with van der Waals surface area (Å²) in [5.74, 6) is 0.662. The van der Waals surface area contributed by atoms with Crippen LogP contribution in [0.1, 0.15) is 11.3 Å². The molecule has 4 aromatic rings. The van der Waals surface area contributed by atoms with Crippen molar-refractivity contribution in [2.24, 2.45) is 0 Å². The van der Waals surface area contributed by atoms with Crippen LogP contribution in [0.15, 0.2) is 69.9 Å². The third-order valence-electron chi connectivity index (χ3n) is 4.04. The molecule has 0 spiro atoms. The Bertz CT molecular complexity index is 1030. The van der Waals surface area contributed by atoms with Crippen LogP contribution >= 0.6 is 0 Å². The summed E-state index contributed by atoms with van der Waals surface area (Å²) in [7, 11) is 0. The topological polar surface area (TPSA) is 35.1 Å². The highest BCUT2D eigenvalue weighted by molar-refractivity contribution is 6.08. The molecule has 0 aliphatic heterocycles. The zero-order chi connectivity index (χ0) is 15.1. The zero-order valence-corrected chi connectivity index (χ0v) is 12.2. The Morgan fingerprint density at radius 2 is 1.68 bits per heavy atom. The fraction of sp³-hybridized carbons (Fsp3) is 0.105. The van der Waals surface area contributed by atoms with Crippen molar-refractivity contribution >= 4 is 21.8 Å². The Labute approximate surface area is 127 Å². The number of fused-ring (bicyclic) bond motifs is 3. The van der Waals surface area contributed by atoms with Crippen LogP contribution in [0, 0.1) is 6.92 Å². The summed E-state index contributed by atoms with van der Waals surface area (Å²) >= 11 is 0. The summed E-state index contributed by atoms with van der Waals surface area (Å²) in [6, 6.07) is 20.1. The fourth-order valence-corrected chi connectivity index (χ4v) is 3.13. The molecule has 108 valence electrons. The van der Waals surface area contributed by atoms with Crippen LogP contribution in [-0.4, -0.2) is 4.57 Å². The Hall–Kier alpha value is -2.81. The van der Waals surface area contributed by atoms with Crippen molar-refractivity contribution in [3.05, 3.63) is 82.4 Å². The summed E-state index contributed by atoms with van der Waals surface area (Å²) in [6.45, 7) is 2.60. The Kier molecular flexibility index (Phi) is 2.86. The highest BCUT2D eigenvalue weighted by Crippen LogP contribution is 2.30.